The van der Waals surface area contributed by atoms with E-state index in [1.807, 2.05) is 13.0 Å². The molecule has 1 fully saturated rings. The molecule has 3 aromatic carbocycles. The third kappa shape index (κ3) is 2.94. The smallest absolute Gasteiger partial charge is 0.339 e. The lowest BCUT2D eigenvalue weighted by atomic mass is 9.82. The second kappa shape index (κ2) is 8.54. The van der Waals surface area contributed by atoms with Gasteiger partial charge in [-0.05, 0) is 87.7 Å². The molecule has 1 spiro atoms. The van der Waals surface area contributed by atoms with Crippen LogP contribution in [0.15, 0.2) is 60.7 Å². The Hall–Kier alpha value is -3.47. The highest BCUT2D eigenvalue weighted by Gasteiger charge is 2.90. The van der Waals surface area contributed by atoms with Crippen LogP contribution in [0.5, 0.6) is 5.75 Å². The van der Waals surface area contributed by atoms with Crippen LogP contribution < -0.4 is 14.5 Å². The second-order valence-corrected chi connectivity index (χ2v) is 10.2. The molecule has 5 nitrogen and oxygen atoms in total. The Bertz CT molecular complexity index is 1280. The van der Waals surface area contributed by atoms with Crippen molar-refractivity contribution >= 4 is 17.3 Å². The van der Waals surface area contributed by atoms with E-state index in [0.29, 0.717) is 12.2 Å². The molecule has 2 aliphatic carbocycles. The molecule has 0 saturated heterocycles. The van der Waals surface area contributed by atoms with Gasteiger partial charge in [-0.15, -0.1) is 0 Å². The number of hydrogen-bond donors (Lipinski definition) is 0. The molecule has 5 heteroatoms. The molecule has 3 aromatic rings. The molecule has 0 aromatic heterocycles. The van der Waals surface area contributed by atoms with E-state index >= 15 is 0 Å². The Morgan fingerprint density at radius 3 is 1.76 bits per heavy atom. The lowest BCUT2D eigenvalue weighted by molar-refractivity contribution is 0.0213. The summed E-state index contributed by atoms with van der Waals surface area (Å²) in [6, 6.07) is 21.9. The van der Waals surface area contributed by atoms with Gasteiger partial charge in [0.2, 0.25) is 0 Å². The summed E-state index contributed by atoms with van der Waals surface area (Å²) in [6.07, 6.45) is 0. The molecule has 37 heavy (non-hydrogen) atoms. The fourth-order valence-electron chi connectivity index (χ4n) is 7.22. The Morgan fingerprint density at radius 2 is 1.30 bits per heavy atom. The number of carbonyl (C=O) groups is 1. The highest BCUT2D eigenvalue weighted by molar-refractivity contribution is 6.01. The van der Waals surface area contributed by atoms with Gasteiger partial charge in [0.05, 0.1) is 17.6 Å². The lowest BCUT2D eigenvalue weighted by Crippen LogP contribution is -2.26. The van der Waals surface area contributed by atoms with E-state index in [9.17, 15) is 4.79 Å². The molecule has 0 bridgehead atoms. The topological polar surface area (TPSA) is 42.0 Å². The van der Waals surface area contributed by atoms with Crippen LogP contribution in [0.4, 0.5) is 11.4 Å². The van der Waals surface area contributed by atoms with Gasteiger partial charge >= 0.3 is 5.97 Å². The van der Waals surface area contributed by atoms with Gasteiger partial charge < -0.3 is 19.3 Å². The summed E-state index contributed by atoms with van der Waals surface area (Å²) in [7, 11) is 0. The Kier molecular flexibility index (Phi) is 5.52. The zero-order valence-electron chi connectivity index (χ0n) is 22.5. The second-order valence-electron chi connectivity index (χ2n) is 10.2. The van der Waals surface area contributed by atoms with Crippen LogP contribution in [0.1, 0.15) is 73.1 Å². The summed E-state index contributed by atoms with van der Waals surface area (Å²) >= 11 is 0. The van der Waals surface area contributed by atoms with Crippen molar-refractivity contribution in [3.05, 3.63) is 88.5 Å². The van der Waals surface area contributed by atoms with E-state index in [0.717, 1.165) is 37.5 Å². The van der Waals surface area contributed by atoms with Crippen LogP contribution in [0.25, 0.3) is 0 Å². The van der Waals surface area contributed by atoms with Gasteiger partial charge in [-0.1, -0.05) is 24.3 Å². The first-order chi connectivity index (χ1) is 18.0. The van der Waals surface area contributed by atoms with Crippen molar-refractivity contribution in [2.24, 2.45) is 0 Å². The van der Waals surface area contributed by atoms with E-state index in [4.69, 9.17) is 9.47 Å². The number of anilines is 2. The standard InChI is InChI=1S/C32H36N2O3/c1-6-33(7-2)23-15-11-21(12-16-23)31(22-13-17-24(18-14-22)34(8-3)9-4)29-26-19-25(36-10-5)20-27-28(26)32(29,31)37-30(27)35/h11-20,29H,6-10H2,1-5H3. The van der Waals surface area contributed by atoms with E-state index in [1.165, 1.54) is 28.1 Å². The summed E-state index contributed by atoms with van der Waals surface area (Å²) in [5, 5.41) is 0. The Balaban J connectivity index is 1.51. The van der Waals surface area contributed by atoms with Gasteiger partial charge in [0.15, 0.2) is 5.60 Å². The molecule has 3 aliphatic rings. The normalized spacial score (nSPS) is 21.4. The van der Waals surface area contributed by atoms with Crippen molar-refractivity contribution in [2.75, 3.05) is 42.6 Å². The molecule has 1 heterocycles. The number of fused-ring (bicyclic) bond motifs is 1. The van der Waals surface area contributed by atoms with Gasteiger partial charge in [-0.25, -0.2) is 4.79 Å². The predicted octanol–water partition coefficient (Wildman–Crippen LogP) is 6.24. The summed E-state index contributed by atoms with van der Waals surface area (Å²) in [4.78, 5) is 17.9. The van der Waals surface area contributed by atoms with Gasteiger partial charge in [0.1, 0.15) is 5.75 Å². The molecule has 1 saturated carbocycles. The van der Waals surface area contributed by atoms with E-state index in [1.54, 1.807) is 0 Å². The van der Waals surface area contributed by atoms with Crippen molar-refractivity contribution in [1.82, 2.24) is 0 Å². The molecular weight excluding hydrogens is 460 g/mol. The van der Waals surface area contributed by atoms with E-state index < -0.39 is 11.0 Å². The van der Waals surface area contributed by atoms with Crippen LogP contribution >= 0.6 is 0 Å². The number of esters is 1. The number of nitrogens with zero attached hydrogens (tertiary/aromatic N) is 2. The summed E-state index contributed by atoms with van der Waals surface area (Å²) in [6.45, 7) is 15.1. The van der Waals surface area contributed by atoms with Crippen molar-refractivity contribution in [1.29, 1.82) is 0 Å². The average Bonchev–Trinajstić information content (AvgIpc) is 3.32. The van der Waals surface area contributed by atoms with E-state index in [2.05, 4.69) is 92.1 Å². The molecule has 0 amide bonds. The molecular formula is C32H36N2O3. The quantitative estimate of drug-likeness (QED) is 0.311. The maximum absolute atomic E-state index is 13.2. The number of ether oxygens (including phenoxy) is 2. The van der Waals surface area contributed by atoms with Gasteiger partial charge in [-0.3, -0.25) is 0 Å². The molecule has 2 atom stereocenters. The zero-order valence-corrected chi connectivity index (χ0v) is 22.5. The fourth-order valence-corrected chi connectivity index (χ4v) is 7.22. The number of benzene rings is 3. The van der Waals surface area contributed by atoms with Crippen LogP contribution in [-0.4, -0.2) is 38.8 Å². The van der Waals surface area contributed by atoms with Crippen LogP contribution in [0, 0.1) is 0 Å². The number of rotatable bonds is 10. The minimum atomic E-state index is -0.632. The molecule has 0 N–H and O–H groups in total. The molecule has 6 rings (SSSR count). The SMILES string of the molecule is CCOc1cc2c3c(c1)C1C3(OC2=O)C1(c1ccc(N(CC)CC)cc1)c1ccc(N(CC)CC)cc1. The predicted molar refractivity (Wildman–Crippen MR) is 148 cm³/mol. The van der Waals surface area contributed by atoms with Crippen molar-refractivity contribution < 1.29 is 14.3 Å². The third-order valence-electron chi connectivity index (χ3n) is 8.85. The fraction of sp³-hybridized carbons (Fsp3) is 0.406. The summed E-state index contributed by atoms with van der Waals surface area (Å²) in [5.41, 5.74) is 6.66. The Morgan fingerprint density at radius 1 is 0.784 bits per heavy atom. The number of hydrogen-bond acceptors (Lipinski definition) is 5. The summed E-state index contributed by atoms with van der Waals surface area (Å²) < 4.78 is 12.2. The van der Waals surface area contributed by atoms with E-state index in [-0.39, 0.29) is 11.9 Å². The largest absolute Gasteiger partial charge is 0.494 e. The molecule has 0 radical (unpaired) electrons. The molecule has 2 unspecified atom stereocenters. The van der Waals surface area contributed by atoms with Crippen molar-refractivity contribution in [3.63, 3.8) is 0 Å². The van der Waals surface area contributed by atoms with Crippen molar-refractivity contribution in [3.8, 4) is 5.75 Å². The monoisotopic (exact) mass is 496 g/mol. The maximum Gasteiger partial charge on any atom is 0.339 e. The first-order valence-corrected chi connectivity index (χ1v) is 13.8. The number of carbonyl (C=O) groups excluding carboxylic acids is 1. The summed E-state index contributed by atoms with van der Waals surface area (Å²) in [5.74, 6) is 0.596. The van der Waals surface area contributed by atoms with Crippen molar-refractivity contribution in [2.45, 2.75) is 51.6 Å². The van der Waals surface area contributed by atoms with Gasteiger partial charge in [0, 0.05) is 49.0 Å². The van der Waals surface area contributed by atoms with Crippen LogP contribution in [0.3, 0.4) is 0 Å². The highest BCUT2D eigenvalue weighted by Crippen LogP contribution is 2.87. The van der Waals surface area contributed by atoms with Crippen LogP contribution in [-0.2, 0) is 15.8 Å². The van der Waals surface area contributed by atoms with Gasteiger partial charge in [0.25, 0.3) is 0 Å². The highest BCUT2D eigenvalue weighted by atomic mass is 16.6. The third-order valence-corrected chi connectivity index (χ3v) is 8.85. The first-order valence-electron chi connectivity index (χ1n) is 13.8. The average molecular weight is 497 g/mol. The minimum Gasteiger partial charge on any atom is -0.494 e. The van der Waals surface area contributed by atoms with Crippen LogP contribution in [0.2, 0.25) is 0 Å². The Labute approximate surface area is 220 Å². The lowest BCUT2D eigenvalue weighted by Gasteiger charge is -2.27. The van der Waals surface area contributed by atoms with Gasteiger partial charge in [-0.2, -0.15) is 0 Å². The molecule has 1 aliphatic heterocycles. The zero-order chi connectivity index (χ0) is 25.9. The molecule has 192 valence electrons. The maximum atomic E-state index is 13.2. The first kappa shape index (κ1) is 23.9. The minimum absolute atomic E-state index is 0.0826.